The van der Waals surface area contributed by atoms with Crippen LogP contribution >= 0.6 is 0 Å². The third kappa shape index (κ3) is 4.56. The smallest absolute Gasteiger partial charge is 0.252 e. The number of aromatic amines is 1. The molecule has 0 radical (unpaired) electrons. The van der Waals surface area contributed by atoms with Gasteiger partial charge >= 0.3 is 0 Å². The van der Waals surface area contributed by atoms with Crippen LogP contribution in [0.1, 0.15) is 29.5 Å². The third-order valence-corrected chi connectivity index (χ3v) is 7.44. The van der Waals surface area contributed by atoms with Crippen LogP contribution in [-0.4, -0.2) is 37.0 Å². The van der Waals surface area contributed by atoms with Gasteiger partial charge < -0.3 is 9.72 Å². The second-order valence-electron chi connectivity index (χ2n) is 8.05. The lowest BCUT2D eigenvalue weighted by Crippen LogP contribution is -2.38. The van der Waals surface area contributed by atoms with Crippen LogP contribution in [0.3, 0.4) is 0 Å². The summed E-state index contributed by atoms with van der Waals surface area (Å²) in [6.45, 7) is 4.53. The molecule has 4 rings (SSSR count). The fraction of sp³-hybridized carbons (Fsp3) is 0.348. The van der Waals surface area contributed by atoms with E-state index in [1.807, 2.05) is 26.0 Å². The topological polar surface area (TPSA) is 79.5 Å². The molecule has 0 spiro atoms. The number of hydrogen-bond acceptors (Lipinski definition) is 4. The maximum atomic E-state index is 13.4. The maximum absolute atomic E-state index is 13.4. The van der Waals surface area contributed by atoms with Gasteiger partial charge in [-0.25, -0.2) is 12.8 Å². The van der Waals surface area contributed by atoms with Gasteiger partial charge in [-0.15, -0.1) is 0 Å². The summed E-state index contributed by atoms with van der Waals surface area (Å²) in [7, 11) is -3.96. The number of benzene rings is 2. The average molecular weight is 445 g/mol. The molecule has 164 valence electrons. The highest BCUT2D eigenvalue weighted by Crippen LogP contribution is 2.24. The van der Waals surface area contributed by atoms with E-state index in [2.05, 4.69) is 4.98 Å². The minimum absolute atomic E-state index is 0.0177. The first-order valence-corrected chi connectivity index (χ1v) is 11.7. The Hall–Kier alpha value is -2.55. The van der Waals surface area contributed by atoms with Gasteiger partial charge in [-0.3, -0.25) is 4.79 Å². The van der Waals surface area contributed by atoms with Gasteiger partial charge in [-0.2, -0.15) is 4.31 Å². The van der Waals surface area contributed by atoms with Gasteiger partial charge in [0, 0.05) is 36.2 Å². The number of halogens is 1. The number of pyridine rings is 1. The Labute approximate surface area is 180 Å². The number of aryl methyl sites for hydroxylation is 2. The Kier molecular flexibility index (Phi) is 5.96. The molecule has 1 atom stereocenters. The summed E-state index contributed by atoms with van der Waals surface area (Å²) in [5.41, 5.74) is 2.78. The lowest BCUT2D eigenvalue weighted by Gasteiger charge is -2.25. The largest absolute Gasteiger partial charge is 0.377 e. The van der Waals surface area contributed by atoms with E-state index in [0.717, 1.165) is 47.0 Å². The van der Waals surface area contributed by atoms with Crippen molar-refractivity contribution in [2.45, 2.75) is 44.2 Å². The van der Waals surface area contributed by atoms with Crippen LogP contribution in [0.25, 0.3) is 10.9 Å². The molecule has 1 aromatic heterocycles. The molecule has 3 aromatic rings. The predicted octanol–water partition coefficient (Wildman–Crippen LogP) is 3.65. The van der Waals surface area contributed by atoms with Crippen LogP contribution in [0, 0.1) is 19.7 Å². The molecule has 1 aliphatic heterocycles. The van der Waals surface area contributed by atoms with Crippen molar-refractivity contribution < 1.29 is 17.5 Å². The predicted molar refractivity (Wildman–Crippen MR) is 117 cm³/mol. The summed E-state index contributed by atoms with van der Waals surface area (Å²) in [6.07, 6.45) is 1.38. The molecule has 0 aliphatic carbocycles. The molecule has 31 heavy (non-hydrogen) atoms. The van der Waals surface area contributed by atoms with E-state index >= 15 is 0 Å². The second-order valence-corrected chi connectivity index (χ2v) is 9.99. The number of rotatable bonds is 6. The van der Waals surface area contributed by atoms with E-state index in [1.54, 1.807) is 6.07 Å². The molecule has 2 aromatic carbocycles. The molecule has 1 saturated heterocycles. The molecule has 0 amide bonds. The summed E-state index contributed by atoms with van der Waals surface area (Å²) in [5.74, 6) is -0.513. The zero-order valence-electron chi connectivity index (χ0n) is 17.5. The molecule has 1 fully saturated rings. The molecule has 2 heterocycles. The molecule has 0 bridgehead atoms. The molecular formula is C23H25FN2O4S. The van der Waals surface area contributed by atoms with Crippen LogP contribution in [0.5, 0.6) is 0 Å². The number of aromatic nitrogens is 1. The van der Waals surface area contributed by atoms with Gasteiger partial charge in [0.15, 0.2) is 0 Å². The number of sulfonamides is 1. The summed E-state index contributed by atoms with van der Waals surface area (Å²) < 4.78 is 47.0. The second kappa shape index (κ2) is 8.53. The summed E-state index contributed by atoms with van der Waals surface area (Å²) in [4.78, 5) is 15.6. The van der Waals surface area contributed by atoms with Crippen LogP contribution in [0.2, 0.25) is 0 Å². The lowest BCUT2D eigenvalue weighted by molar-refractivity contribution is 0.0925. The molecule has 8 heteroatoms. The standard InChI is InChI=1S/C23H25FN2O4S/c1-15-10-16(2)21-12-17(23(27)25-22(21)11-15)13-26(14-19-4-3-9-30-19)31(28,29)20-7-5-18(24)6-8-20/h5-8,10-12,19H,3-4,9,13-14H2,1-2H3,(H,25,27). The normalized spacial score (nSPS) is 17.0. The van der Waals surface area contributed by atoms with Crippen molar-refractivity contribution in [3.8, 4) is 0 Å². The molecule has 6 nitrogen and oxygen atoms in total. The third-order valence-electron chi connectivity index (χ3n) is 5.62. The molecule has 1 unspecified atom stereocenters. The van der Waals surface area contributed by atoms with Gasteiger partial charge in [0.1, 0.15) is 5.82 Å². The Bertz CT molecular complexity index is 1260. The van der Waals surface area contributed by atoms with Crippen molar-refractivity contribution in [3.63, 3.8) is 0 Å². The first-order chi connectivity index (χ1) is 14.7. The molecule has 1 aliphatic rings. The van der Waals surface area contributed by atoms with Crippen molar-refractivity contribution in [1.82, 2.24) is 9.29 Å². The van der Waals surface area contributed by atoms with Gasteiger partial charge in [0.05, 0.1) is 11.0 Å². The summed E-state index contributed by atoms with van der Waals surface area (Å²) in [5, 5.41) is 0.872. The van der Waals surface area contributed by atoms with Gasteiger partial charge in [-0.05, 0) is 74.2 Å². The van der Waals surface area contributed by atoms with Crippen LogP contribution in [0.4, 0.5) is 4.39 Å². The molecule has 1 N–H and O–H groups in total. The van der Waals surface area contributed by atoms with E-state index < -0.39 is 15.8 Å². The Balaban J connectivity index is 1.74. The zero-order valence-corrected chi connectivity index (χ0v) is 18.3. The first kappa shape index (κ1) is 21.7. The van der Waals surface area contributed by atoms with Gasteiger partial charge in [-0.1, -0.05) is 6.07 Å². The van der Waals surface area contributed by atoms with E-state index in [4.69, 9.17) is 4.74 Å². The van der Waals surface area contributed by atoms with E-state index in [9.17, 15) is 17.6 Å². The number of H-pyrrole nitrogens is 1. The van der Waals surface area contributed by atoms with Crippen LogP contribution < -0.4 is 5.56 Å². The Morgan fingerprint density at radius 3 is 2.58 bits per heavy atom. The molecular weight excluding hydrogens is 419 g/mol. The minimum atomic E-state index is -3.96. The average Bonchev–Trinajstić information content (AvgIpc) is 3.22. The fourth-order valence-corrected chi connectivity index (χ4v) is 5.49. The zero-order chi connectivity index (χ0) is 22.2. The van der Waals surface area contributed by atoms with Crippen molar-refractivity contribution in [1.29, 1.82) is 0 Å². The van der Waals surface area contributed by atoms with Crippen LogP contribution in [-0.2, 0) is 21.3 Å². The fourth-order valence-electron chi connectivity index (χ4n) is 4.04. The number of nitrogens with zero attached hydrogens (tertiary/aromatic N) is 1. The van der Waals surface area contributed by atoms with E-state index in [-0.39, 0.29) is 29.6 Å². The monoisotopic (exact) mass is 444 g/mol. The SMILES string of the molecule is Cc1cc(C)c2cc(CN(CC3CCCO3)S(=O)(=O)c3ccc(F)cc3)c(=O)[nH]c2c1. The Morgan fingerprint density at radius 2 is 1.90 bits per heavy atom. The minimum Gasteiger partial charge on any atom is -0.377 e. The quantitative estimate of drug-likeness (QED) is 0.629. The van der Waals surface area contributed by atoms with Crippen molar-refractivity contribution in [2.75, 3.05) is 13.2 Å². The Morgan fingerprint density at radius 1 is 1.16 bits per heavy atom. The number of fused-ring (bicyclic) bond motifs is 1. The lowest BCUT2D eigenvalue weighted by atomic mass is 10.0. The van der Waals surface area contributed by atoms with Gasteiger partial charge in [0.2, 0.25) is 10.0 Å². The van der Waals surface area contributed by atoms with E-state index in [1.165, 1.54) is 16.4 Å². The number of ether oxygens (including phenoxy) is 1. The first-order valence-electron chi connectivity index (χ1n) is 10.2. The highest BCUT2D eigenvalue weighted by atomic mass is 32.2. The highest BCUT2D eigenvalue weighted by molar-refractivity contribution is 7.89. The molecule has 0 saturated carbocycles. The number of nitrogens with one attached hydrogen (secondary N) is 1. The number of hydrogen-bond donors (Lipinski definition) is 1. The summed E-state index contributed by atoms with van der Waals surface area (Å²) >= 11 is 0. The highest BCUT2D eigenvalue weighted by Gasteiger charge is 2.30. The van der Waals surface area contributed by atoms with Crippen LogP contribution in [0.15, 0.2) is 52.2 Å². The van der Waals surface area contributed by atoms with Crippen molar-refractivity contribution >= 4 is 20.9 Å². The van der Waals surface area contributed by atoms with E-state index in [0.29, 0.717) is 12.2 Å². The van der Waals surface area contributed by atoms with Crippen molar-refractivity contribution in [3.05, 3.63) is 75.3 Å². The summed E-state index contributed by atoms with van der Waals surface area (Å²) in [6, 6.07) is 10.4. The maximum Gasteiger partial charge on any atom is 0.252 e. The van der Waals surface area contributed by atoms with Crippen molar-refractivity contribution in [2.24, 2.45) is 0 Å². The van der Waals surface area contributed by atoms with Gasteiger partial charge in [0.25, 0.3) is 5.56 Å².